The van der Waals surface area contributed by atoms with E-state index in [-0.39, 0.29) is 12.8 Å². The number of benzene rings is 1. The SMILES string of the molecule is FC(F)(F)C1CCN(c2ccc(CCl)c(Br)c2)CC1. The van der Waals surface area contributed by atoms with Crippen LogP contribution in [0.15, 0.2) is 22.7 Å². The predicted octanol–water partition coefficient (Wildman–Crippen LogP) is 4.97. The Bertz CT molecular complexity index is 442. The number of hydrogen-bond donors (Lipinski definition) is 0. The molecule has 1 heterocycles. The maximum atomic E-state index is 12.6. The topological polar surface area (TPSA) is 3.24 Å². The Morgan fingerprint density at radius 2 is 1.89 bits per heavy atom. The fourth-order valence-corrected chi connectivity index (χ4v) is 3.21. The molecule has 0 aliphatic carbocycles. The van der Waals surface area contributed by atoms with Gasteiger partial charge >= 0.3 is 6.18 Å². The molecule has 0 bridgehead atoms. The summed E-state index contributed by atoms with van der Waals surface area (Å²) in [6.45, 7) is 0.883. The summed E-state index contributed by atoms with van der Waals surface area (Å²) in [5, 5.41) is 0. The molecule has 0 unspecified atom stereocenters. The summed E-state index contributed by atoms with van der Waals surface area (Å²) in [6, 6.07) is 5.74. The summed E-state index contributed by atoms with van der Waals surface area (Å²) >= 11 is 9.20. The first-order valence-corrected chi connectivity index (χ1v) is 7.40. The zero-order valence-corrected chi connectivity index (χ0v) is 12.5. The molecule has 0 N–H and O–H groups in total. The number of nitrogens with zero attached hydrogens (tertiary/aromatic N) is 1. The maximum absolute atomic E-state index is 12.6. The van der Waals surface area contributed by atoms with E-state index in [4.69, 9.17) is 11.6 Å². The van der Waals surface area contributed by atoms with E-state index in [2.05, 4.69) is 15.9 Å². The van der Waals surface area contributed by atoms with Crippen molar-refractivity contribution in [2.45, 2.75) is 24.9 Å². The number of alkyl halides is 4. The molecule has 1 aromatic carbocycles. The smallest absolute Gasteiger partial charge is 0.371 e. The molecule has 1 nitrogen and oxygen atoms in total. The van der Waals surface area contributed by atoms with E-state index in [0.717, 1.165) is 15.7 Å². The van der Waals surface area contributed by atoms with Crippen molar-refractivity contribution in [2.24, 2.45) is 5.92 Å². The van der Waals surface area contributed by atoms with E-state index in [1.54, 1.807) is 0 Å². The summed E-state index contributed by atoms with van der Waals surface area (Å²) in [7, 11) is 0. The van der Waals surface area contributed by atoms with Crippen LogP contribution in [0.25, 0.3) is 0 Å². The molecule has 1 saturated heterocycles. The van der Waals surface area contributed by atoms with Crippen molar-refractivity contribution < 1.29 is 13.2 Å². The lowest BCUT2D eigenvalue weighted by atomic mass is 9.96. The van der Waals surface area contributed by atoms with Gasteiger partial charge in [0.05, 0.1) is 5.92 Å². The van der Waals surface area contributed by atoms with Gasteiger partial charge in [-0.05, 0) is 30.5 Å². The molecule has 1 aliphatic heterocycles. The molecule has 2 rings (SSSR count). The van der Waals surface area contributed by atoms with Gasteiger partial charge < -0.3 is 4.90 Å². The Balaban J connectivity index is 2.04. The summed E-state index contributed by atoms with van der Waals surface area (Å²) in [6.07, 6.45) is -3.73. The number of halogens is 5. The summed E-state index contributed by atoms with van der Waals surface area (Å²) in [5.74, 6) is -0.744. The normalized spacial score (nSPS) is 17.8. The Morgan fingerprint density at radius 1 is 1.26 bits per heavy atom. The van der Waals surface area contributed by atoms with E-state index in [0.29, 0.717) is 19.0 Å². The van der Waals surface area contributed by atoms with Gasteiger partial charge in [-0.1, -0.05) is 22.0 Å². The zero-order valence-electron chi connectivity index (χ0n) is 10.2. The average Bonchev–Trinajstić information content (AvgIpc) is 2.38. The molecule has 6 heteroatoms. The number of piperidine rings is 1. The molecule has 0 amide bonds. The quantitative estimate of drug-likeness (QED) is 0.677. The van der Waals surface area contributed by atoms with Crippen LogP contribution in [0.2, 0.25) is 0 Å². The van der Waals surface area contributed by atoms with Gasteiger partial charge in [-0.15, -0.1) is 11.6 Å². The minimum atomic E-state index is -4.06. The van der Waals surface area contributed by atoms with Crippen molar-refractivity contribution in [1.82, 2.24) is 0 Å². The first kappa shape index (κ1) is 15.0. The van der Waals surface area contributed by atoms with Crippen molar-refractivity contribution in [1.29, 1.82) is 0 Å². The van der Waals surface area contributed by atoms with E-state index in [9.17, 15) is 13.2 Å². The Morgan fingerprint density at radius 3 is 2.37 bits per heavy atom. The lowest BCUT2D eigenvalue weighted by Crippen LogP contribution is -2.39. The van der Waals surface area contributed by atoms with E-state index >= 15 is 0 Å². The van der Waals surface area contributed by atoms with Gasteiger partial charge in [0.1, 0.15) is 0 Å². The van der Waals surface area contributed by atoms with Gasteiger partial charge in [0.2, 0.25) is 0 Å². The van der Waals surface area contributed by atoms with Gasteiger partial charge in [0, 0.05) is 29.1 Å². The van der Waals surface area contributed by atoms with E-state index in [1.807, 2.05) is 23.1 Å². The molecule has 0 saturated carbocycles. The van der Waals surface area contributed by atoms with Gasteiger partial charge in [0.15, 0.2) is 0 Å². The Kier molecular flexibility index (Phi) is 4.66. The highest BCUT2D eigenvalue weighted by molar-refractivity contribution is 9.10. The molecule has 1 aromatic rings. The molecule has 0 aromatic heterocycles. The molecule has 106 valence electrons. The molecule has 19 heavy (non-hydrogen) atoms. The van der Waals surface area contributed by atoms with Crippen LogP contribution in [-0.4, -0.2) is 19.3 Å². The molecule has 0 radical (unpaired) electrons. The highest BCUT2D eigenvalue weighted by Gasteiger charge is 2.41. The van der Waals surface area contributed by atoms with Gasteiger partial charge in [-0.25, -0.2) is 0 Å². The van der Waals surface area contributed by atoms with Crippen LogP contribution in [0, 0.1) is 5.92 Å². The average molecular weight is 357 g/mol. The highest BCUT2D eigenvalue weighted by atomic mass is 79.9. The van der Waals surface area contributed by atoms with E-state index in [1.165, 1.54) is 0 Å². The molecular weight excluding hydrogens is 343 g/mol. The van der Waals surface area contributed by atoms with Crippen LogP contribution >= 0.6 is 27.5 Å². The van der Waals surface area contributed by atoms with Crippen molar-refractivity contribution in [3.63, 3.8) is 0 Å². The largest absolute Gasteiger partial charge is 0.391 e. The molecular formula is C13H14BrClF3N. The number of rotatable bonds is 2. The number of hydrogen-bond acceptors (Lipinski definition) is 1. The van der Waals surface area contributed by atoms with Gasteiger partial charge in [-0.2, -0.15) is 13.2 Å². The van der Waals surface area contributed by atoms with Crippen LogP contribution in [0.1, 0.15) is 18.4 Å². The lowest BCUT2D eigenvalue weighted by molar-refractivity contribution is -0.179. The maximum Gasteiger partial charge on any atom is 0.391 e. The van der Waals surface area contributed by atoms with Crippen LogP contribution < -0.4 is 4.90 Å². The fourth-order valence-electron chi connectivity index (χ4n) is 2.31. The summed E-state index contributed by atoms with van der Waals surface area (Å²) in [4.78, 5) is 1.99. The van der Waals surface area contributed by atoms with Crippen LogP contribution in [-0.2, 0) is 5.88 Å². The van der Waals surface area contributed by atoms with Crippen LogP contribution in [0.5, 0.6) is 0 Å². The van der Waals surface area contributed by atoms with Crippen molar-refractivity contribution >= 4 is 33.2 Å². The first-order valence-electron chi connectivity index (χ1n) is 6.08. The minimum Gasteiger partial charge on any atom is -0.371 e. The van der Waals surface area contributed by atoms with Crippen LogP contribution in [0.4, 0.5) is 18.9 Å². The minimum absolute atomic E-state index is 0.165. The van der Waals surface area contributed by atoms with Crippen molar-refractivity contribution in [3.8, 4) is 0 Å². The third-order valence-corrected chi connectivity index (χ3v) is 4.53. The second-order valence-electron chi connectivity index (χ2n) is 4.71. The lowest BCUT2D eigenvalue weighted by Gasteiger charge is -2.34. The summed E-state index contributed by atoms with van der Waals surface area (Å²) < 4.78 is 38.7. The molecule has 1 aliphatic rings. The van der Waals surface area contributed by atoms with Crippen molar-refractivity contribution in [2.75, 3.05) is 18.0 Å². The van der Waals surface area contributed by atoms with Crippen LogP contribution in [0.3, 0.4) is 0 Å². The fraction of sp³-hybridized carbons (Fsp3) is 0.538. The highest BCUT2D eigenvalue weighted by Crippen LogP contribution is 2.36. The Labute approximate surface area is 123 Å². The standard InChI is InChI=1S/C13H14BrClF3N/c14-12-7-11(2-1-9(12)8-15)19-5-3-10(4-6-19)13(16,17)18/h1-2,7,10H,3-6,8H2. The Hall–Kier alpha value is -0.420. The van der Waals surface area contributed by atoms with Gasteiger partial charge in [-0.3, -0.25) is 0 Å². The zero-order chi connectivity index (χ0) is 14.0. The molecule has 1 fully saturated rings. The monoisotopic (exact) mass is 355 g/mol. The predicted molar refractivity (Wildman–Crippen MR) is 74.7 cm³/mol. The third-order valence-electron chi connectivity index (χ3n) is 3.50. The van der Waals surface area contributed by atoms with Crippen molar-refractivity contribution in [3.05, 3.63) is 28.2 Å². The second-order valence-corrected chi connectivity index (χ2v) is 5.83. The third kappa shape index (κ3) is 3.57. The summed E-state index contributed by atoms with van der Waals surface area (Å²) in [5.41, 5.74) is 1.93. The molecule has 0 atom stereocenters. The first-order chi connectivity index (χ1) is 8.91. The molecule has 0 spiro atoms. The van der Waals surface area contributed by atoms with Gasteiger partial charge in [0.25, 0.3) is 0 Å². The second kappa shape index (κ2) is 5.92. The van der Waals surface area contributed by atoms with E-state index < -0.39 is 12.1 Å². The number of anilines is 1.